The van der Waals surface area contributed by atoms with E-state index >= 15 is 0 Å². The molecule has 166 valence electrons. The number of rotatable bonds is 4. The second-order valence-corrected chi connectivity index (χ2v) is 8.24. The van der Waals surface area contributed by atoms with E-state index in [9.17, 15) is 27.6 Å². The molecule has 1 aliphatic heterocycles. The number of carbonyl (C=O) groups excluding carboxylic acids is 3. The van der Waals surface area contributed by atoms with Crippen molar-refractivity contribution in [1.29, 1.82) is 0 Å². The van der Waals surface area contributed by atoms with E-state index in [1.165, 1.54) is 11.0 Å². The highest BCUT2D eigenvalue weighted by Gasteiger charge is 2.35. The molecular weight excluding hydrogens is 403 g/mol. The van der Waals surface area contributed by atoms with E-state index in [1.54, 1.807) is 20.8 Å². The van der Waals surface area contributed by atoms with Crippen LogP contribution < -0.4 is 10.6 Å². The van der Waals surface area contributed by atoms with Gasteiger partial charge in [-0.15, -0.1) is 0 Å². The van der Waals surface area contributed by atoms with Crippen molar-refractivity contribution < 1.29 is 32.3 Å². The molecule has 0 radical (unpaired) electrons. The first-order chi connectivity index (χ1) is 13.8. The Balaban J connectivity index is 1.85. The monoisotopic (exact) mass is 429 g/mol. The van der Waals surface area contributed by atoms with Crippen molar-refractivity contribution in [3.05, 3.63) is 35.4 Å². The average Bonchev–Trinajstić information content (AvgIpc) is 2.98. The van der Waals surface area contributed by atoms with Gasteiger partial charge in [0.15, 0.2) is 0 Å². The minimum absolute atomic E-state index is 0.134. The predicted octanol–water partition coefficient (Wildman–Crippen LogP) is 2.95. The van der Waals surface area contributed by atoms with E-state index in [1.807, 2.05) is 6.92 Å². The van der Waals surface area contributed by atoms with Crippen LogP contribution in [0.3, 0.4) is 0 Å². The van der Waals surface area contributed by atoms with E-state index in [2.05, 4.69) is 10.6 Å². The van der Waals surface area contributed by atoms with Crippen molar-refractivity contribution in [2.45, 2.75) is 58.0 Å². The maximum absolute atomic E-state index is 12.8. The third-order valence-corrected chi connectivity index (χ3v) is 4.43. The quantitative estimate of drug-likeness (QED) is 0.771. The van der Waals surface area contributed by atoms with Gasteiger partial charge < -0.3 is 20.3 Å². The number of hydrogen-bond donors (Lipinski definition) is 2. The molecule has 10 heteroatoms. The van der Waals surface area contributed by atoms with Crippen molar-refractivity contribution in [2.24, 2.45) is 0 Å². The average molecular weight is 429 g/mol. The lowest BCUT2D eigenvalue weighted by atomic mass is 10.1. The lowest BCUT2D eigenvalue weighted by molar-refractivity contribution is -0.137. The minimum atomic E-state index is -4.56. The summed E-state index contributed by atoms with van der Waals surface area (Å²) >= 11 is 0. The first-order valence-electron chi connectivity index (χ1n) is 9.50. The Morgan fingerprint density at radius 3 is 2.47 bits per heavy atom. The molecule has 0 aromatic heterocycles. The molecule has 2 atom stereocenters. The van der Waals surface area contributed by atoms with E-state index in [0.717, 1.165) is 18.2 Å². The third kappa shape index (κ3) is 6.64. The molecule has 2 rings (SSSR count). The second kappa shape index (κ2) is 8.93. The number of nitrogens with one attached hydrogen (secondary N) is 2. The van der Waals surface area contributed by atoms with E-state index in [-0.39, 0.29) is 24.2 Å². The van der Waals surface area contributed by atoms with Crippen LogP contribution >= 0.6 is 0 Å². The smallest absolute Gasteiger partial charge is 0.416 e. The van der Waals surface area contributed by atoms with Crippen LogP contribution in [0.1, 0.15) is 50.0 Å². The van der Waals surface area contributed by atoms with Crippen LogP contribution in [0.5, 0.6) is 0 Å². The number of amides is 3. The van der Waals surface area contributed by atoms with Gasteiger partial charge in [-0.05, 0) is 52.3 Å². The topological polar surface area (TPSA) is 87.7 Å². The highest BCUT2D eigenvalue weighted by molar-refractivity contribution is 5.96. The molecule has 30 heavy (non-hydrogen) atoms. The third-order valence-electron chi connectivity index (χ3n) is 4.43. The summed E-state index contributed by atoms with van der Waals surface area (Å²) in [6.07, 6.45) is -4.51. The number of benzene rings is 1. The Labute approximate surface area is 172 Å². The Bertz CT molecular complexity index is 805. The van der Waals surface area contributed by atoms with Crippen molar-refractivity contribution in [1.82, 2.24) is 15.5 Å². The molecule has 0 bridgehead atoms. The van der Waals surface area contributed by atoms with Crippen LogP contribution in [0.2, 0.25) is 0 Å². The summed E-state index contributed by atoms with van der Waals surface area (Å²) in [5.74, 6) is -1.29. The zero-order valence-corrected chi connectivity index (χ0v) is 17.3. The van der Waals surface area contributed by atoms with Crippen LogP contribution in [0.4, 0.5) is 18.0 Å². The van der Waals surface area contributed by atoms with Crippen molar-refractivity contribution in [2.75, 3.05) is 13.1 Å². The van der Waals surface area contributed by atoms with Gasteiger partial charge in [-0.1, -0.05) is 6.07 Å². The summed E-state index contributed by atoms with van der Waals surface area (Å²) in [6, 6.07) is 3.50. The fourth-order valence-corrected chi connectivity index (χ4v) is 3.09. The molecule has 3 amide bonds. The lowest BCUT2D eigenvalue weighted by Crippen LogP contribution is -2.44. The standard InChI is InChI=1S/C20H26F3N3O4/c1-12-8-15(11-26(12)18(29)30-19(2,3)4)25-16(27)10-24-17(28)13-6-5-7-14(9-13)20(21,22)23/h5-7,9,12,15H,8,10-11H2,1-4H3,(H,24,28)(H,25,27)/t12-,15+/m0/s1. The van der Waals surface area contributed by atoms with Crippen molar-refractivity contribution in [3.8, 4) is 0 Å². The Hall–Kier alpha value is -2.78. The fourth-order valence-electron chi connectivity index (χ4n) is 3.09. The molecule has 0 unspecified atom stereocenters. The Morgan fingerprint density at radius 1 is 1.20 bits per heavy atom. The number of halogens is 3. The molecule has 1 aliphatic rings. The fraction of sp³-hybridized carbons (Fsp3) is 0.550. The summed E-state index contributed by atoms with van der Waals surface area (Å²) in [5, 5.41) is 5.02. The SMILES string of the molecule is C[C@H]1C[C@@H](NC(=O)CNC(=O)c2cccc(C(F)(F)F)c2)CN1C(=O)OC(C)(C)C. The van der Waals surface area contributed by atoms with Gasteiger partial charge in [0, 0.05) is 24.2 Å². The summed E-state index contributed by atoms with van der Waals surface area (Å²) in [6.45, 7) is 7.00. The largest absolute Gasteiger partial charge is 0.444 e. The normalized spacial score (nSPS) is 19.4. The minimum Gasteiger partial charge on any atom is -0.444 e. The maximum Gasteiger partial charge on any atom is 0.416 e. The predicted molar refractivity (Wildman–Crippen MR) is 103 cm³/mol. The molecule has 1 aromatic rings. The molecule has 1 heterocycles. The highest BCUT2D eigenvalue weighted by atomic mass is 19.4. The van der Waals surface area contributed by atoms with Crippen LogP contribution in [-0.2, 0) is 15.7 Å². The Morgan fingerprint density at radius 2 is 1.87 bits per heavy atom. The van der Waals surface area contributed by atoms with Gasteiger partial charge in [-0.25, -0.2) is 4.79 Å². The summed E-state index contributed by atoms with van der Waals surface area (Å²) in [4.78, 5) is 37.9. The van der Waals surface area contributed by atoms with E-state index in [4.69, 9.17) is 4.74 Å². The van der Waals surface area contributed by atoms with E-state index in [0.29, 0.717) is 6.42 Å². The van der Waals surface area contributed by atoms with Crippen LogP contribution in [0.15, 0.2) is 24.3 Å². The van der Waals surface area contributed by atoms with Crippen LogP contribution in [0, 0.1) is 0 Å². The summed E-state index contributed by atoms with van der Waals surface area (Å²) in [5.41, 5.74) is -1.77. The first kappa shape index (κ1) is 23.5. The first-order valence-corrected chi connectivity index (χ1v) is 9.50. The second-order valence-electron chi connectivity index (χ2n) is 8.24. The Kier molecular flexibility index (Phi) is 6.99. The number of carbonyl (C=O) groups is 3. The highest BCUT2D eigenvalue weighted by Crippen LogP contribution is 2.29. The number of alkyl halides is 3. The number of likely N-dealkylation sites (tertiary alicyclic amines) is 1. The lowest BCUT2D eigenvalue weighted by Gasteiger charge is -2.26. The molecule has 1 saturated heterocycles. The molecular formula is C20H26F3N3O4. The van der Waals surface area contributed by atoms with Crippen molar-refractivity contribution >= 4 is 17.9 Å². The number of nitrogens with zero attached hydrogens (tertiary/aromatic N) is 1. The van der Waals surface area contributed by atoms with Gasteiger partial charge in [-0.2, -0.15) is 13.2 Å². The number of ether oxygens (including phenoxy) is 1. The maximum atomic E-state index is 12.8. The molecule has 2 N–H and O–H groups in total. The number of hydrogen-bond acceptors (Lipinski definition) is 4. The van der Waals surface area contributed by atoms with Gasteiger partial charge in [0.1, 0.15) is 5.60 Å². The molecule has 1 fully saturated rings. The molecule has 0 spiro atoms. The zero-order chi connectivity index (χ0) is 22.7. The summed E-state index contributed by atoms with van der Waals surface area (Å²) < 4.78 is 43.6. The van der Waals surface area contributed by atoms with E-state index < -0.39 is 41.8 Å². The van der Waals surface area contributed by atoms with Crippen LogP contribution in [0.25, 0.3) is 0 Å². The molecule has 0 aliphatic carbocycles. The zero-order valence-electron chi connectivity index (χ0n) is 17.3. The molecule has 0 saturated carbocycles. The van der Waals surface area contributed by atoms with Crippen LogP contribution in [-0.4, -0.2) is 53.6 Å². The summed E-state index contributed by atoms with van der Waals surface area (Å²) in [7, 11) is 0. The van der Waals surface area contributed by atoms with Crippen molar-refractivity contribution in [3.63, 3.8) is 0 Å². The van der Waals surface area contributed by atoms with Gasteiger partial charge in [0.2, 0.25) is 5.91 Å². The van der Waals surface area contributed by atoms with Gasteiger partial charge >= 0.3 is 12.3 Å². The van der Waals surface area contributed by atoms with Gasteiger partial charge in [0.05, 0.1) is 12.1 Å². The van der Waals surface area contributed by atoms with Gasteiger partial charge in [-0.3, -0.25) is 9.59 Å². The molecule has 1 aromatic carbocycles. The van der Waals surface area contributed by atoms with Gasteiger partial charge in [0.25, 0.3) is 5.91 Å². The molecule has 7 nitrogen and oxygen atoms in total.